The minimum Gasteiger partial charge on any atom is -0.370 e. The first-order chi connectivity index (χ1) is 8.76. The molecular formula is C11H12FN3O3S. The molecule has 1 aromatic rings. The number of benzene rings is 1. The number of hydrogen-bond acceptors (Lipinski definition) is 4. The molecule has 0 bridgehead atoms. The van der Waals surface area contributed by atoms with Crippen molar-refractivity contribution < 1.29 is 17.6 Å². The normalized spacial score (nSPS) is 12.7. The summed E-state index contributed by atoms with van der Waals surface area (Å²) < 4.78 is 39.1. The highest BCUT2D eigenvalue weighted by Crippen LogP contribution is 2.15. The van der Waals surface area contributed by atoms with Crippen molar-refractivity contribution in [2.75, 3.05) is 0 Å². The van der Waals surface area contributed by atoms with Gasteiger partial charge in [0, 0.05) is 12.5 Å². The average Bonchev–Trinajstić information content (AvgIpc) is 2.27. The van der Waals surface area contributed by atoms with E-state index in [4.69, 9.17) is 11.0 Å². The molecule has 1 rings (SSSR count). The number of nitriles is 1. The van der Waals surface area contributed by atoms with Gasteiger partial charge in [-0.1, -0.05) is 0 Å². The maximum Gasteiger partial charge on any atom is 0.240 e. The van der Waals surface area contributed by atoms with E-state index in [2.05, 4.69) is 4.72 Å². The molecule has 102 valence electrons. The van der Waals surface area contributed by atoms with Gasteiger partial charge >= 0.3 is 0 Å². The number of carbonyl (C=O) groups is 1. The molecule has 0 saturated heterocycles. The second-order valence-electron chi connectivity index (χ2n) is 3.95. The Kier molecular flexibility index (Phi) is 4.58. The van der Waals surface area contributed by atoms with Crippen molar-refractivity contribution in [3.05, 3.63) is 29.6 Å². The van der Waals surface area contributed by atoms with Gasteiger partial charge in [-0.05, 0) is 25.1 Å². The van der Waals surface area contributed by atoms with Crippen LogP contribution in [0.5, 0.6) is 0 Å². The molecule has 0 aliphatic heterocycles. The summed E-state index contributed by atoms with van der Waals surface area (Å²) in [5.74, 6) is -1.45. The molecule has 1 amide bonds. The van der Waals surface area contributed by atoms with Gasteiger partial charge in [0.1, 0.15) is 11.9 Å². The number of carbonyl (C=O) groups excluding carboxylic acids is 1. The van der Waals surface area contributed by atoms with E-state index in [9.17, 15) is 17.6 Å². The zero-order valence-corrected chi connectivity index (χ0v) is 10.9. The first-order valence-corrected chi connectivity index (χ1v) is 6.75. The Morgan fingerprint density at radius 3 is 2.74 bits per heavy atom. The van der Waals surface area contributed by atoms with Crippen molar-refractivity contribution >= 4 is 15.9 Å². The lowest BCUT2D eigenvalue weighted by Crippen LogP contribution is -2.35. The molecule has 0 aliphatic rings. The summed E-state index contributed by atoms with van der Waals surface area (Å²) in [4.78, 5) is 10.4. The number of primary amides is 1. The zero-order chi connectivity index (χ0) is 14.6. The summed E-state index contributed by atoms with van der Waals surface area (Å²) >= 11 is 0. The third kappa shape index (κ3) is 4.01. The Morgan fingerprint density at radius 1 is 1.58 bits per heavy atom. The van der Waals surface area contributed by atoms with E-state index in [0.717, 1.165) is 18.2 Å². The van der Waals surface area contributed by atoms with E-state index in [0.29, 0.717) is 0 Å². The molecule has 0 spiro atoms. The molecule has 0 fully saturated rings. The third-order valence-corrected chi connectivity index (χ3v) is 3.82. The minimum absolute atomic E-state index is 0.161. The van der Waals surface area contributed by atoms with Crippen LogP contribution in [0, 0.1) is 17.1 Å². The van der Waals surface area contributed by atoms with Crippen LogP contribution in [-0.4, -0.2) is 20.4 Å². The van der Waals surface area contributed by atoms with Crippen molar-refractivity contribution in [3.8, 4) is 6.07 Å². The Hall–Kier alpha value is -1.98. The summed E-state index contributed by atoms with van der Waals surface area (Å²) in [5.41, 5.74) is 4.58. The van der Waals surface area contributed by atoms with E-state index in [1.165, 1.54) is 6.92 Å². The number of hydrogen-bond donors (Lipinski definition) is 2. The van der Waals surface area contributed by atoms with Crippen molar-refractivity contribution in [1.29, 1.82) is 5.26 Å². The monoisotopic (exact) mass is 285 g/mol. The Bertz CT molecular complexity index is 637. The zero-order valence-electron chi connectivity index (χ0n) is 10.1. The molecule has 0 aromatic heterocycles. The van der Waals surface area contributed by atoms with Crippen LogP contribution < -0.4 is 10.5 Å². The number of nitrogens with one attached hydrogen (secondary N) is 1. The van der Waals surface area contributed by atoms with Crippen LogP contribution in [0.4, 0.5) is 4.39 Å². The van der Waals surface area contributed by atoms with Crippen LogP contribution in [0.15, 0.2) is 23.1 Å². The molecular weight excluding hydrogens is 273 g/mol. The van der Waals surface area contributed by atoms with E-state index < -0.39 is 27.8 Å². The van der Waals surface area contributed by atoms with Gasteiger partial charge in [-0.15, -0.1) is 0 Å². The predicted molar refractivity (Wildman–Crippen MR) is 64.7 cm³/mol. The second-order valence-corrected chi connectivity index (χ2v) is 5.66. The molecule has 0 saturated carbocycles. The fourth-order valence-electron chi connectivity index (χ4n) is 1.43. The van der Waals surface area contributed by atoms with Crippen molar-refractivity contribution in [2.45, 2.75) is 24.3 Å². The fourth-order valence-corrected chi connectivity index (χ4v) is 2.70. The summed E-state index contributed by atoms with van der Waals surface area (Å²) in [6.45, 7) is 1.47. The van der Waals surface area contributed by atoms with E-state index >= 15 is 0 Å². The summed E-state index contributed by atoms with van der Waals surface area (Å²) in [6.07, 6.45) is -0.161. The first kappa shape index (κ1) is 15.1. The molecule has 0 heterocycles. The van der Waals surface area contributed by atoms with Crippen molar-refractivity contribution in [3.63, 3.8) is 0 Å². The van der Waals surface area contributed by atoms with Gasteiger partial charge in [-0.2, -0.15) is 5.26 Å². The van der Waals surface area contributed by atoms with Gasteiger partial charge < -0.3 is 5.73 Å². The molecule has 6 nitrogen and oxygen atoms in total. The van der Waals surface area contributed by atoms with E-state index in [-0.39, 0.29) is 16.9 Å². The van der Waals surface area contributed by atoms with Gasteiger partial charge in [0.15, 0.2) is 0 Å². The Morgan fingerprint density at radius 2 is 2.21 bits per heavy atom. The largest absolute Gasteiger partial charge is 0.370 e. The van der Waals surface area contributed by atoms with Crippen molar-refractivity contribution in [1.82, 2.24) is 4.72 Å². The van der Waals surface area contributed by atoms with Crippen LogP contribution in [0.3, 0.4) is 0 Å². The number of rotatable bonds is 5. The van der Waals surface area contributed by atoms with Crippen molar-refractivity contribution in [2.24, 2.45) is 5.73 Å². The molecule has 3 N–H and O–H groups in total. The third-order valence-electron chi connectivity index (χ3n) is 2.23. The first-order valence-electron chi connectivity index (χ1n) is 5.26. The molecule has 0 aliphatic carbocycles. The number of halogens is 1. The smallest absolute Gasteiger partial charge is 0.240 e. The van der Waals surface area contributed by atoms with Gasteiger partial charge in [0.2, 0.25) is 15.9 Å². The van der Waals surface area contributed by atoms with E-state index in [1.54, 1.807) is 6.07 Å². The van der Waals surface area contributed by atoms with Gasteiger partial charge in [0.05, 0.1) is 10.5 Å². The average molecular weight is 285 g/mol. The SMILES string of the molecule is CC(CC(N)=O)NS(=O)(=O)c1ccc(F)c(C#N)c1. The lowest BCUT2D eigenvalue weighted by Gasteiger charge is -2.12. The molecule has 1 atom stereocenters. The lowest BCUT2D eigenvalue weighted by atomic mass is 10.2. The second kappa shape index (κ2) is 5.77. The van der Waals surface area contributed by atoms with Gasteiger partial charge in [-0.3, -0.25) is 4.79 Å². The quantitative estimate of drug-likeness (QED) is 0.806. The van der Waals surface area contributed by atoms with Crippen LogP contribution in [0.2, 0.25) is 0 Å². The molecule has 0 radical (unpaired) electrons. The number of sulfonamides is 1. The number of nitrogens with two attached hydrogens (primary N) is 1. The molecule has 8 heteroatoms. The summed E-state index contributed by atoms with van der Waals surface area (Å²) in [6, 6.07) is 3.71. The predicted octanol–water partition coefficient (Wildman–Crippen LogP) is 0.240. The fraction of sp³-hybridized carbons (Fsp3) is 0.273. The maximum absolute atomic E-state index is 13.1. The molecule has 1 unspecified atom stereocenters. The topological polar surface area (TPSA) is 113 Å². The minimum atomic E-state index is -3.93. The van der Waals surface area contributed by atoms with E-state index in [1.807, 2.05) is 0 Å². The van der Waals surface area contributed by atoms with Gasteiger partial charge in [-0.25, -0.2) is 17.5 Å². The van der Waals surface area contributed by atoms with Crippen LogP contribution in [0.25, 0.3) is 0 Å². The highest BCUT2D eigenvalue weighted by atomic mass is 32.2. The highest BCUT2D eigenvalue weighted by Gasteiger charge is 2.19. The summed E-state index contributed by atoms with van der Waals surface area (Å²) in [5, 5.41) is 8.64. The van der Waals surface area contributed by atoms with Crippen LogP contribution >= 0.6 is 0 Å². The Labute approximate surface area is 110 Å². The van der Waals surface area contributed by atoms with Crippen LogP contribution in [-0.2, 0) is 14.8 Å². The molecule has 1 aromatic carbocycles. The van der Waals surface area contributed by atoms with Crippen LogP contribution in [0.1, 0.15) is 18.9 Å². The number of amides is 1. The number of nitrogens with zero attached hydrogens (tertiary/aromatic N) is 1. The summed E-state index contributed by atoms with van der Waals surface area (Å²) in [7, 11) is -3.93. The maximum atomic E-state index is 13.1. The highest BCUT2D eigenvalue weighted by molar-refractivity contribution is 7.89. The Balaban J connectivity index is 3.01. The molecule has 19 heavy (non-hydrogen) atoms. The standard InChI is InChI=1S/C11H12FN3O3S/c1-7(4-11(14)16)15-19(17,18)9-2-3-10(12)8(5-9)6-13/h2-3,5,7,15H,4H2,1H3,(H2,14,16). The lowest BCUT2D eigenvalue weighted by molar-refractivity contribution is -0.118. The van der Waals surface area contributed by atoms with Gasteiger partial charge in [0.25, 0.3) is 0 Å².